The van der Waals surface area contributed by atoms with E-state index in [4.69, 9.17) is 4.98 Å². The second kappa shape index (κ2) is 4.25. The van der Waals surface area contributed by atoms with Crippen molar-refractivity contribution in [2.24, 2.45) is 0 Å². The molecule has 1 saturated heterocycles. The number of pyridine rings is 1. The average molecular weight is 242 g/mol. The summed E-state index contributed by atoms with van der Waals surface area (Å²) in [4.78, 5) is 7.39. The van der Waals surface area contributed by atoms with Crippen molar-refractivity contribution in [3.05, 3.63) is 23.4 Å². The molecule has 1 aromatic rings. The lowest BCUT2D eigenvalue weighted by atomic mass is 10.0. The molecule has 1 aromatic heterocycles. The van der Waals surface area contributed by atoms with Crippen molar-refractivity contribution in [1.82, 2.24) is 4.98 Å². The Morgan fingerprint density at radius 2 is 1.67 bits per heavy atom. The van der Waals surface area contributed by atoms with Gasteiger partial charge >= 0.3 is 0 Å². The fourth-order valence-electron chi connectivity index (χ4n) is 3.20. The first-order valence-electron chi connectivity index (χ1n) is 7.66. The maximum absolute atomic E-state index is 4.85. The summed E-state index contributed by atoms with van der Waals surface area (Å²) in [5.74, 6) is 2.99. The molecule has 0 bridgehead atoms. The summed E-state index contributed by atoms with van der Waals surface area (Å²) >= 11 is 0. The van der Waals surface area contributed by atoms with Crippen LogP contribution in [-0.4, -0.2) is 18.1 Å². The van der Waals surface area contributed by atoms with Gasteiger partial charge in [0, 0.05) is 19.3 Å². The maximum atomic E-state index is 4.85. The van der Waals surface area contributed by atoms with Crippen LogP contribution in [0.3, 0.4) is 0 Å². The SMILES string of the molecule is c1nc(N2CCCCC2)c(C2CC2)cc1C1CC1. The summed E-state index contributed by atoms with van der Waals surface area (Å²) < 4.78 is 0. The Morgan fingerprint density at radius 3 is 2.33 bits per heavy atom. The fraction of sp³-hybridized carbons (Fsp3) is 0.688. The number of rotatable bonds is 3. The van der Waals surface area contributed by atoms with Gasteiger partial charge in [-0.2, -0.15) is 0 Å². The highest BCUT2D eigenvalue weighted by molar-refractivity contribution is 5.52. The van der Waals surface area contributed by atoms with Gasteiger partial charge in [-0.15, -0.1) is 0 Å². The van der Waals surface area contributed by atoms with Crippen LogP contribution in [0.5, 0.6) is 0 Å². The normalized spacial score (nSPS) is 24.3. The van der Waals surface area contributed by atoms with Crippen molar-refractivity contribution in [3.8, 4) is 0 Å². The van der Waals surface area contributed by atoms with E-state index in [1.807, 2.05) is 0 Å². The van der Waals surface area contributed by atoms with Gasteiger partial charge in [-0.25, -0.2) is 4.98 Å². The summed E-state index contributed by atoms with van der Waals surface area (Å²) in [5, 5.41) is 0. The molecule has 0 atom stereocenters. The fourth-order valence-corrected chi connectivity index (χ4v) is 3.20. The van der Waals surface area contributed by atoms with Crippen LogP contribution in [0.4, 0.5) is 5.82 Å². The van der Waals surface area contributed by atoms with Crippen molar-refractivity contribution >= 4 is 5.82 Å². The van der Waals surface area contributed by atoms with Crippen molar-refractivity contribution in [3.63, 3.8) is 0 Å². The smallest absolute Gasteiger partial charge is 0.132 e. The third-order valence-electron chi connectivity index (χ3n) is 4.64. The largest absolute Gasteiger partial charge is 0.356 e. The molecule has 2 heteroatoms. The lowest BCUT2D eigenvalue weighted by molar-refractivity contribution is 0.571. The van der Waals surface area contributed by atoms with Crippen LogP contribution >= 0.6 is 0 Å². The summed E-state index contributed by atoms with van der Waals surface area (Å²) in [6.45, 7) is 2.44. The standard InChI is InChI=1S/C16H22N2/c1-2-8-18(9-3-1)16-15(13-6-7-13)10-14(11-17-16)12-4-5-12/h10-13H,1-9H2. The third-order valence-corrected chi connectivity index (χ3v) is 4.64. The lowest BCUT2D eigenvalue weighted by Crippen LogP contribution is -2.31. The topological polar surface area (TPSA) is 16.1 Å². The van der Waals surface area contributed by atoms with Gasteiger partial charge in [-0.3, -0.25) is 0 Å². The highest BCUT2D eigenvalue weighted by Gasteiger charge is 2.31. The quantitative estimate of drug-likeness (QED) is 0.801. The molecule has 2 aliphatic carbocycles. The Balaban J connectivity index is 1.67. The van der Waals surface area contributed by atoms with Crippen LogP contribution in [0.1, 0.15) is 67.9 Å². The Labute approximate surface area is 109 Å². The number of hydrogen-bond donors (Lipinski definition) is 0. The Bertz CT molecular complexity index is 440. The van der Waals surface area contributed by atoms with Crippen molar-refractivity contribution in [1.29, 1.82) is 0 Å². The van der Waals surface area contributed by atoms with E-state index >= 15 is 0 Å². The molecule has 18 heavy (non-hydrogen) atoms. The van der Waals surface area contributed by atoms with Crippen LogP contribution in [0.15, 0.2) is 12.3 Å². The summed E-state index contributed by atoms with van der Waals surface area (Å²) in [6, 6.07) is 2.49. The Morgan fingerprint density at radius 1 is 0.944 bits per heavy atom. The zero-order valence-electron chi connectivity index (χ0n) is 11.1. The zero-order valence-corrected chi connectivity index (χ0v) is 11.1. The molecule has 0 aromatic carbocycles. The number of anilines is 1. The van der Waals surface area contributed by atoms with Crippen molar-refractivity contribution < 1.29 is 0 Å². The van der Waals surface area contributed by atoms with Gasteiger partial charge < -0.3 is 4.90 Å². The lowest BCUT2D eigenvalue weighted by Gasteiger charge is -2.29. The number of piperidine rings is 1. The molecule has 0 radical (unpaired) electrons. The van der Waals surface area contributed by atoms with Gasteiger partial charge in [0.05, 0.1) is 0 Å². The van der Waals surface area contributed by atoms with Gasteiger partial charge in [0.25, 0.3) is 0 Å². The minimum Gasteiger partial charge on any atom is -0.356 e. The van der Waals surface area contributed by atoms with E-state index in [1.54, 1.807) is 5.56 Å². The van der Waals surface area contributed by atoms with Gasteiger partial charge in [0.15, 0.2) is 0 Å². The van der Waals surface area contributed by atoms with Crippen molar-refractivity contribution in [2.75, 3.05) is 18.0 Å². The molecule has 1 aliphatic heterocycles. The third kappa shape index (κ3) is 2.02. The van der Waals surface area contributed by atoms with E-state index in [9.17, 15) is 0 Å². The minimum atomic E-state index is 0.827. The molecule has 4 rings (SSSR count). The van der Waals surface area contributed by atoms with E-state index in [-0.39, 0.29) is 0 Å². The molecule has 2 saturated carbocycles. The molecule has 2 nitrogen and oxygen atoms in total. The van der Waals surface area contributed by atoms with Crippen LogP contribution in [0.2, 0.25) is 0 Å². The van der Waals surface area contributed by atoms with E-state index in [2.05, 4.69) is 17.2 Å². The Kier molecular flexibility index (Phi) is 2.56. The number of hydrogen-bond acceptors (Lipinski definition) is 2. The predicted molar refractivity (Wildman–Crippen MR) is 74.3 cm³/mol. The first kappa shape index (κ1) is 10.8. The first-order valence-corrected chi connectivity index (χ1v) is 7.66. The zero-order chi connectivity index (χ0) is 11.9. The first-order chi connectivity index (χ1) is 8.92. The van der Waals surface area contributed by atoms with E-state index in [1.165, 1.54) is 69.4 Å². The summed E-state index contributed by atoms with van der Waals surface area (Å²) in [6.07, 6.45) is 11.8. The number of nitrogens with zero attached hydrogens (tertiary/aromatic N) is 2. The molecular formula is C16H22N2. The molecule has 0 amide bonds. The molecule has 0 N–H and O–H groups in total. The van der Waals surface area contributed by atoms with Crippen LogP contribution < -0.4 is 4.90 Å². The van der Waals surface area contributed by atoms with E-state index in [0.29, 0.717) is 0 Å². The van der Waals surface area contributed by atoms with Gasteiger partial charge in [-0.1, -0.05) is 6.07 Å². The molecule has 3 fully saturated rings. The second-order valence-electron chi connectivity index (χ2n) is 6.28. The predicted octanol–water partition coefficient (Wildman–Crippen LogP) is 3.83. The monoisotopic (exact) mass is 242 g/mol. The maximum Gasteiger partial charge on any atom is 0.132 e. The number of aromatic nitrogens is 1. The minimum absolute atomic E-state index is 0.827. The van der Waals surface area contributed by atoms with Gasteiger partial charge in [0.1, 0.15) is 5.82 Å². The second-order valence-corrected chi connectivity index (χ2v) is 6.28. The average Bonchev–Trinajstić information content (AvgIpc) is 3.32. The Hall–Kier alpha value is -1.05. The summed E-state index contributed by atoms with van der Waals surface area (Å²) in [7, 11) is 0. The van der Waals surface area contributed by atoms with Gasteiger partial charge in [-0.05, 0) is 67.9 Å². The molecule has 0 unspecified atom stereocenters. The van der Waals surface area contributed by atoms with Crippen LogP contribution in [-0.2, 0) is 0 Å². The van der Waals surface area contributed by atoms with Gasteiger partial charge in [0.2, 0.25) is 0 Å². The molecule has 3 aliphatic rings. The van der Waals surface area contributed by atoms with Crippen molar-refractivity contribution in [2.45, 2.75) is 56.8 Å². The van der Waals surface area contributed by atoms with Crippen LogP contribution in [0, 0.1) is 0 Å². The van der Waals surface area contributed by atoms with E-state index in [0.717, 1.165) is 11.8 Å². The molecule has 96 valence electrons. The molecule has 2 heterocycles. The van der Waals surface area contributed by atoms with Crippen LogP contribution in [0.25, 0.3) is 0 Å². The highest BCUT2D eigenvalue weighted by Crippen LogP contribution is 2.47. The molecule has 0 spiro atoms. The molecular weight excluding hydrogens is 220 g/mol. The summed E-state index contributed by atoms with van der Waals surface area (Å²) in [5.41, 5.74) is 3.08. The van der Waals surface area contributed by atoms with E-state index < -0.39 is 0 Å². The highest BCUT2D eigenvalue weighted by atomic mass is 15.2.